The Morgan fingerprint density at radius 1 is 1.48 bits per heavy atom. The van der Waals surface area contributed by atoms with Gasteiger partial charge < -0.3 is 25.5 Å². The molecular weight excluding hydrogens is 274 g/mol. The van der Waals surface area contributed by atoms with Crippen molar-refractivity contribution in [2.75, 3.05) is 7.11 Å². The summed E-state index contributed by atoms with van der Waals surface area (Å²) >= 11 is 0. The van der Waals surface area contributed by atoms with E-state index in [0.29, 0.717) is 36.1 Å². The summed E-state index contributed by atoms with van der Waals surface area (Å²) in [5, 5.41) is 18.6. The molecule has 0 aliphatic carbocycles. The fraction of sp³-hybridized carbons (Fsp3) is 0.308. The maximum Gasteiger partial charge on any atom is 0.240 e. The standard InChI is InChI=1S/C13H17N5O3/c1-8-16-12(21-18-8)7-15-6-9-3-4-10(13(14)17-19)11(5-9)20-2/h3-5,15,19H,6-7H2,1-2H3,(H2,14,17). The molecule has 0 fully saturated rings. The van der Waals surface area contributed by atoms with Gasteiger partial charge in [0.15, 0.2) is 11.7 Å². The number of benzene rings is 1. The second kappa shape index (κ2) is 6.71. The molecule has 0 saturated carbocycles. The number of nitrogens with zero attached hydrogens (tertiary/aromatic N) is 3. The fourth-order valence-corrected chi connectivity index (χ4v) is 1.84. The van der Waals surface area contributed by atoms with E-state index < -0.39 is 0 Å². The van der Waals surface area contributed by atoms with Crippen molar-refractivity contribution in [2.24, 2.45) is 10.9 Å². The Morgan fingerprint density at radius 3 is 2.90 bits per heavy atom. The number of oxime groups is 1. The molecule has 2 aromatic rings. The quantitative estimate of drug-likeness (QED) is 0.311. The Labute approximate surface area is 121 Å². The van der Waals surface area contributed by atoms with E-state index in [2.05, 4.69) is 20.6 Å². The summed E-state index contributed by atoms with van der Waals surface area (Å²) in [5.41, 5.74) is 7.10. The molecule has 0 aliphatic rings. The number of methoxy groups -OCH3 is 1. The second-order valence-electron chi connectivity index (χ2n) is 4.36. The lowest BCUT2D eigenvalue weighted by molar-refractivity contribution is 0.318. The second-order valence-corrected chi connectivity index (χ2v) is 4.36. The normalized spacial score (nSPS) is 11.6. The minimum absolute atomic E-state index is 0.00712. The van der Waals surface area contributed by atoms with Gasteiger partial charge in [-0.3, -0.25) is 0 Å². The summed E-state index contributed by atoms with van der Waals surface area (Å²) in [4.78, 5) is 4.10. The third-order valence-electron chi connectivity index (χ3n) is 2.82. The molecule has 8 heteroatoms. The van der Waals surface area contributed by atoms with Gasteiger partial charge in [-0.15, -0.1) is 0 Å². The van der Waals surface area contributed by atoms with Crippen LogP contribution in [0.1, 0.15) is 22.8 Å². The molecule has 8 nitrogen and oxygen atoms in total. The van der Waals surface area contributed by atoms with E-state index in [1.165, 1.54) is 7.11 Å². The van der Waals surface area contributed by atoms with Gasteiger partial charge in [0.1, 0.15) is 5.75 Å². The molecule has 21 heavy (non-hydrogen) atoms. The number of hydrogen-bond donors (Lipinski definition) is 3. The monoisotopic (exact) mass is 291 g/mol. The molecule has 0 atom stereocenters. The first-order chi connectivity index (χ1) is 10.1. The Kier molecular flexibility index (Phi) is 4.72. The van der Waals surface area contributed by atoms with E-state index in [4.69, 9.17) is 20.2 Å². The number of ether oxygens (including phenoxy) is 1. The molecule has 4 N–H and O–H groups in total. The molecule has 0 aliphatic heterocycles. The molecule has 0 spiro atoms. The summed E-state index contributed by atoms with van der Waals surface area (Å²) in [5.74, 6) is 1.69. The third-order valence-corrected chi connectivity index (χ3v) is 2.82. The van der Waals surface area contributed by atoms with E-state index in [1.54, 1.807) is 13.0 Å². The van der Waals surface area contributed by atoms with Crippen LogP contribution in [0.3, 0.4) is 0 Å². The maximum absolute atomic E-state index is 8.72. The van der Waals surface area contributed by atoms with Crippen molar-refractivity contribution in [1.29, 1.82) is 0 Å². The lowest BCUT2D eigenvalue weighted by Crippen LogP contribution is -2.16. The zero-order valence-electron chi connectivity index (χ0n) is 11.8. The van der Waals surface area contributed by atoms with E-state index in [0.717, 1.165) is 5.56 Å². The number of aromatic nitrogens is 2. The number of amidine groups is 1. The van der Waals surface area contributed by atoms with Crippen molar-refractivity contribution in [3.8, 4) is 5.75 Å². The molecule has 0 radical (unpaired) electrons. The highest BCUT2D eigenvalue weighted by Crippen LogP contribution is 2.20. The Balaban J connectivity index is 2.00. The number of rotatable bonds is 6. The number of hydrogen-bond acceptors (Lipinski definition) is 7. The predicted octanol–water partition coefficient (Wildman–Crippen LogP) is 0.771. The summed E-state index contributed by atoms with van der Waals surface area (Å²) in [6.07, 6.45) is 0. The molecule has 0 bridgehead atoms. The van der Waals surface area contributed by atoms with E-state index >= 15 is 0 Å². The zero-order valence-corrected chi connectivity index (χ0v) is 11.8. The van der Waals surface area contributed by atoms with Gasteiger partial charge in [-0.05, 0) is 24.6 Å². The van der Waals surface area contributed by atoms with Crippen molar-refractivity contribution >= 4 is 5.84 Å². The Morgan fingerprint density at radius 2 is 2.29 bits per heavy atom. The highest BCUT2D eigenvalue weighted by Gasteiger charge is 2.09. The van der Waals surface area contributed by atoms with Crippen LogP contribution in [-0.4, -0.2) is 28.3 Å². The van der Waals surface area contributed by atoms with Crippen LogP contribution in [0.2, 0.25) is 0 Å². The fourth-order valence-electron chi connectivity index (χ4n) is 1.84. The lowest BCUT2D eigenvalue weighted by atomic mass is 10.1. The van der Waals surface area contributed by atoms with Crippen molar-refractivity contribution in [3.05, 3.63) is 41.0 Å². The van der Waals surface area contributed by atoms with Crippen molar-refractivity contribution in [3.63, 3.8) is 0 Å². The number of nitrogens with two attached hydrogens (primary N) is 1. The topological polar surface area (TPSA) is 119 Å². The molecule has 0 unspecified atom stereocenters. The van der Waals surface area contributed by atoms with Gasteiger partial charge in [-0.25, -0.2) is 0 Å². The minimum atomic E-state index is 0.00712. The van der Waals surface area contributed by atoms with Gasteiger partial charge in [0.05, 0.1) is 19.2 Å². The molecular formula is C13H17N5O3. The first-order valence-electron chi connectivity index (χ1n) is 6.28. The van der Waals surface area contributed by atoms with Crippen molar-refractivity contribution in [1.82, 2.24) is 15.5 Å². The van der Waals surface area contributed by atoms with E-state index in [9.17, 15) is 0 Å². The average molecular weight is 291 g/mol. The highest BCUT2D eigenvalue weighted by atomic mass is 16.5. The van der Waals surface area contributed by atoms with Gasteiger partial charge in [0.25, 0.3) is 0 Å². The van der Waals surface area contributed by atoms with Gasteiger partial charge in [-0.1, -0.05) is 16.4 Å². The summed E-state index contributed by atoms with van der Waals surface area (Å²) in [7, 11) is 1.53. The molecule has 2 rings (SSSR count). The van der Waals surface area contributed by atoms with Gasteiger partial charge in [0, 0.05) is 6.54 Å². The Hall–Kier alpha value is -2.61. The SMILES string of the molecule is COc1cc(CNCc2nc(C)no2)ccc1/C(N)=N/O. The minimum Gasteiger partial charge on any atom is -0.496 e. The van der Waals surface area contributed by atoms with Gasteiger partial charge in [0.2, 0.25) is 5.89 Å². The molecule has 1 aromatic heterocycles. The summed E-state index contributed by atoms with van der Waals surface area (Å²) < 4.78 is 10.2. The van der Waals surface area contributed by atoms with E-state index in [-0.39, 0.29) is 5.84 Å². The number of aryl methyl sites for hydroxylation is 1. The zero-order chi connectivity index (χ0) is 15.2. The van der Waals surface area contributed by atoms with Crippen molar-refractivity contribution in [2.45, 2.75) is 20.0 Å². The average Bonchev–Trinajstić information content (AvgIpc) is 2.91. The van der Waals surface area contributed by atoms with Gasteiger partial charge >= 0.3 is 0 Å². The first-order valence-corrected chi connectivity index (χ1v) is 6.28. The maximum atomic E-state index is 8.72. The largest absolute Gasteiger partial charge is 0.496 e. The van der Waals surface area contributed by atoms with Crippen LogP contribution < -0.4 is 15.8 Å². The third kappa shape index (κ3) is 3.69. The van der Waals surface area contributed by atoms with Gasteiger partial charge in [-0.2, -0.15) is 4.98 Å². The molecule has 112 valence electrons. The van der Waals surface area contributed by atoms with Crippen molar-refractivity contribution < 1.29 is 14.5 Å². The van der Waals surface area contributed by atoms with Crippen LogP contribution in [0.4, 0.5) is 0 Å². The Bertz CT molecular complexity index is 638. The van der Waals surface area contributed by atoms with Crippen LogP contribution in [0, 0.1) is 6.92 Å². The van der Waals surface area contributed by atoms with E-state index in [1.807, 2.05) is 12.1 Å². The molecule has 1 aromatic carbocycles. The van der Waals surface area contributed by atoms with Crippen LogP contribution in [0.5, 0.6) is 5.75 Å². The lowest BCUT2D eigenvalue weighted by Gasteiger charge is -2.10. The predicted molar refractivity (Wildman–Crippen MR) is 75.1 cm³/mol. The summed E-state index contributed by atoms with van der Waals surface area (Å²) in [6, 6.07) is 5.42. The van der Waals surface area contributed by atoms with Crippen LogP contribution in [0.25, 0.3) is 0 Å². The van der Waals surface area contributed by atoms with Crippen LogP contribution >= 0.6 is 0 Å². The van der Waals surface area contributed by atoms with Crippen LogP contribution in [0.15, 0.2) is 27.9 Å². The highest BCUT2D eigenvalue weighted by molar-refractivity contribution is 5.99. The summed E-state index contributed by atoms with van der Waals surface area (Å²) in [6.45, 7) is 2.84. The molecule has 1 heterocycles. The van der Waals surface area contributed by atoms with Crippen LogP contribution in [-0.2, 0) is 13.1 Å². The first kappa shape index (κ1) is 14.8. The number of nitrogens with one attached hydrogen (secondary N) is 1. The molecule has 0 saturated heterocycles. The molecule has 0 amide bonds. The smallest absolute Gasteiger partial charge is 0.240 e.